The summed E-state index contributed by atoms with van der Waals surface area (Å²) in [6, 6.07) is 6.87. The van der Waals surface area contributed by atoms with E-state index in [1.807, 2.05) is 6.07 Å². The highest BCUT2D eigenvalue weighted by molar-refractivity contribution is 5.89. The Bertz CT molecular complexity index is 408. The van der Waals surface area contributed by atoms with Gasteiger partial charge in [0.15, 0.2) is 0 Å². The van der Waals surface area contributed by atoms with Gasteiger partial charge in [-0.05, 0) is 31.0 Å². The van der Waals surface area contributed by atoms with Gasteiger partial charge in [0.05, 0.1) is 12.7 Å². The number of nitrogens with one attached hydrogen (secondary N) is 2. The lowest BCUT2D eigenvalue weighted by Gasteiger charge is -2.10. The van der Waals surface area contributed by atoms with Crippen molar-refractivity contribution in [1.82, 2.24) is 5.32 Å². The molecule has 0 heterocycles. The van der Waals surface area contributed by atoms with E-state index in [4.69, 9.17) is 4.74 Å². The number of carbonyl (C=O) groups excluding carboxylic acids is 1. The minimum absolute atomic E-state index is 0.271. The number of hydrogen-bond acceptors (Lipinski definition) is 3. The number of hydrogen-bond donors (Lipinski definition) is 3. The molecular weight excluding hydrogens is 256 g/mol. The van der Waals surface area contributed by atoms with E-state index in [1.54, 1.807) is 25.1 Å². The third-order valence-corrected chi connectivity index (χ3v) is 2.80. The minimum Gasteiger partial charge on any atom is -0.389 e. The summed E-state index contributed by atoms with van der Waals surface area (Å²) < 4.78 is 5.35. The summed E-state index contributed by atoms with van der Waals surface area (Å²) in [6.45, 7) is 5.52. The molecule has 0 aromatic heterocycles. The van der Waals surface area contributed by atoms with Gasteiger partial charge in [-0.1, -0.05) is 25.5 Å². The van der Waals surface area contributed by atoms with Crippen molar-refractivity contribution in [3.05, 3.63) is 29.8 Å². The van der Waals surface area contributed by atoms with Crippen LogP contribution < -0.4 is 10.6 Å². The van der Waals surface area contributed by atoms with Crippen LogP contribution in [0.25, 0.3) is 0 Å². The summed E-state index contributed by atoms with van der Waals surface area (Å²) in [4.78, 5) is 11.6. The molecule has 0 fully saturated rings. The van der Waals surface area contributed by atoms with Crippen LogP contribution in [-0.4, -0.2) is 30.9 Å². The van der Waals surface area contributed by atoms with Gasteiger partial charge in [-0.25, -0.2) is 4.79 Å². The summed E-state index contributed by atoms with van der Waals surface area (Å²) >= 11 is 0. The fourth-order valence-corrected chi connectivity index (χ4v) is 1.64. The number of unbranched alkanes of at least 4 members (excludes halogenated alkanes) is 1. The lowest BCUT2D eigenvalue weighted by molar-refractivity contribution is 0.134. The summed E-state index contributed by atoms with van der Waals surface area (Å²) in [5.41, 5.74) is 1.43. The molecule has 5 nitrogen and oxygen atoms in total. The Balaban J connectivity index is 2.26. The Morgan fingerprint density at radius 2 is 2.20 bits per heavy atom. The fourth-order valence-electron chi connectivity index (χ4n) is 1.64. The van der Waals surface area contributed by atoms with Crippen LogP contribution in [0.2, 0.25) is 0 Å². The van der Waals surface area contributed by atoms with Crippen LogP contribution in [0.4, 0.5) is 10.5 Å². The third kappa shape index (κ3) is 6.54. The molecular formula is C15H24N2O3. The Morgan fingerprint density at radius 3 is 2.90 bits per heavy atom. The number of anilines is 1. The molecule has 3 N–H and O–H groups in total. The number of benzene rings is 1. The van der Waals surface area contributed by atoms with Crippen molar-refractivity contribution in [2.45, 2.75) is 32.8 Å². The molecule has 1 rings (SSSR count). The van der Waals surface area contributed by atoms with Crippen molar-refractivity contribution in [3.63, 3.8) is 0 Å². The molecule has 0 bridgehead atoms. The molecule has 0 aliphatic heterocycles. The number of urea groups is 1. The smallest absolute Gasteiger partial charge is 0.319 e. The molecule has 0 saturated heterocycles. The van der Waals surface area contributed by atoms with E-state index < -0.39 is 6.10 Å². The van der Waals surface area contributed by atoms with E-state index in [1.165, 1.54) is 0 Å². The van der Waals surface area contributed by atoms with Gasteiger partial charge in [0.1, 0.15) is 0 Å². The van der Waals surface area contributed by atoms with E-state index in [-0.39, 0.29) is 6.03 Å². The van der Waals surface area contributed by atoms with E-state index in [0.717, 1.165) is 25.0 Å². The summed E-state index contributed by atoms with van der Waals surface area (Å²) in [7, 11) is 0. The average Bonchev–Trinajstić information content (AvgIpc) is 2.43. The maximum absolute atomic E-state index is 11.6. The van der Waals surface area contributed by atoms with E-state index in [9.17, 15) is 9.90 Å². The van der Waals surface area contributed by atoms with Gasteiger partial charge in [-0.15, -0.1) is 0 Å². The zero-order valence-corrected chi connectivity index (χ0v) is 12.2. The number of aliphatic hydroxyl groups excluding tert-OH is 1. The van der Waals surface area contributed by atoms with Crippen molar-refractivity contribution in [2.24, 2.45) is 0 Å². The fraction of sp³-hybridized carbons (Fsp3) is 0.533. The summed E-state index contributed by atoms with van der Waals surface area (Å²) in [6.07, 6.45) is 1.60. The molecule has 1 aromatic rings. The van der Waals surface area contributed by atoms with Gasteiger partial charge < -0.3 is 20.5 Å². The van der Waals surface area contributed by atoms with E-state index in [2.05, 4.69) is 17.6 Å². The van der Waals surface area contributed by atoms with E-state index >= 15 is 0 Å². The average molecular weight is 280 g/mol. The van der Waals surface area contributed by atoms with Crippen molar-refractivity contribution >= 4 is 11.7 Å². The second-order valence-corrected chi connectivity index (χ2v) is 4.65. The highest BCUT2D eigenvalue weighted by Crippen LogP contribution is 2.16. The predicted molar refractivity (Wildman–Crippen MR) is 79.8 cm³/mol. The molecule has 1 atom stereocenters. The molecule has 0 radical (unpaired) electrons. The first-order valence-corrected chi connectivity index (χ1v) is 7.04. The second kappa shape index (κ2) is 9.34. The standard InChI is InChI=1S/C15H24N2O3/c1-3-4-9-20-10-8-16-15(19)17-14-7-5-6-13(11-14)12(2)18/h5-7,11-12,18H,3-4,8-10H2,1-2H3,(H2,16,17,19). The maximum Gasteiger partial charge on any atom is 0.319 e. The predicted octanol–water partition coefficient (Wildman–Crippen LogP) is 2.68. The lowest BCUT2D eigenvalue weighted by atomic mass is 10.1. The third-order valence-electron chi connectivity index (χ3n) is 2.80. The van der Waals surface area contributed by atoms with Gasteiger partial charge in [0.2, 0.25) is 0 Å². The summed E-state index contributed by atoms with van der Waals surface area (Å²) in [5, 5.41) is 14.9. The zero-order valence-electron chi connectivity index (χ0n) is 12.2. The van der Waals surface area contributed by atoms with Crippen LogP contribution in [0.5, 0.6) is 0 Å². The second-order valence-electron chi connectivity index (χ2n) is 4.65. The minimum atomic E-state index is -0.549. The molecule has 2 amide bonds. The SMILES string of the molecule is CCCCOCCNC(=O)Nc1cccc(C(C)O)c1. The molecule has 0 saturated carbocycles. The van der Waals surface area contributed by atoms with E-state index in [0.29, 0.717) is 18.8 Å². The Morgan fingerprint density at radius 1 is 1.40 bits per heavy atom. The maximum atomic E-state index is 11.6. The normalized spacial score (nSPS) is 11.9. The number of aliphatic hydroxyl groups is 1. The number of amides is 2. The van der Waals surface area contributed by atoms with Crippen LogP contribution in [0, 0.1) is 0 Å². The zero-order chi connectivity index (χ0) is 14.8. The van der Waals surface area contributed by atoms with Crippen LogP contribution in [0.3, 0.4) is 0 Å². The molecule has 0 aliphatic carbocycles. The molecule has 1 unspecified atom stereocenters. The molecule has 112 valence electrons. The van der Waals surface area contributed by atoms with Gasteiger partial charge >= 0.3 is 6.03 Å². The van der Waals surface area contributed by atoms with Crippen LogP contribution >= 0.6 is 0 Å². The number of carbonyl (C=O) groups is 1. The first-order chi connectivity index (χ1) is 9.63. The van der Waals surface area contributed by atoms with Gasteiger partial charge in [0, 0.05) is 18.8 Å². The van der Waals surface area contributed by atoms with Crippen LogP contribution in [0.15, 0.2) is 24.3 Å². The van der Waals surface area contributed by atoms with Crippen molar-refractivity contribution < 1.29 is 14.6 Å². The topological polar surface area (TPSA) is 70.6 Å². The van der Waals surface area contributed by atoms with Gasteiger partial charge in [-0.3, -0.25) is 0 Å². The molecule has 0 spiro atoms. The van der Waals surface area contributed by atoms with Gasteiger partial charge in [0.25, 0.3) is 0 Å². The molecule has 0 aliphatic rings. The molecule has 1 aromatic carbocycles. The highest BCUT2D eigenvalue weighted by atomic mass is 16.5. The molecule has 20 heavy (non-hydrogen) atoms. The number of ether oxygens (including phenoxy) is 1. The monoisotopic (exact) mass is 280 g/mol. The highest BCUT2D eigenvalue weighted by Gasteiger charge is 2.04. The summed E-state index contributed by atoms with van der Waals surface area (Å²) in [5.74, 6) is 0. The van der Waals surface area contributed by atoms with Crippen molar-refractivity contribution in [3.8, 4) is 0 Å². The first-order valence-electron chi connectivity index (χ1n) is 7.04. The Labute approximate surface area is 120 Å². The Kier molecular flexibility index (Phi) is 7.69. The van der Waals surface area contributed by atoms with Crippen LogP contribution in [0.1, 0.15) is 38.4 Å². The van der Waals surface area contributed by atoms with Gasteiger partial charge in [-0.2, -0.15) is 0 Å². The lowest BCUT2D eigenvalue weighted by Crippen LogP contribution is -2.31. The molecule has 5 heteroatoms. The largest absolute Gasteiger partial charge is 0.389 e. The first kappa shape index (κ1) is 16.5. The number of rotatable bonds is 8. The Hall–Kier alpha value is -1.59. The van der Waals surface area contributed by atoms with Crippen molar-refractivity contribution in [2.75, 3.05) is 25.1 Å². The van der Waals surface area contributed by atoms with Crippen molar-refractivity contribution in [1.29, 1.82) is 0 Å². The van der Waals surface area contributed by atoms with Crippen LogP contribution in [-0.2, 0) is 4.74 Å². The quantitative estimate of drug-likeness (QED) is 0.641.